The van der Waals surface area contributed by atoms with Gasteiger partial charge in [0, 0.05) is 10.6 Å². The van der Waals surface area contributed by atoms with Gasteiger partial charge in [0.15, 0.2) is 0 Å². The van der Waals surface area contributed by atoms with E-state index in [2.05, 4.69) is 13.8 Å². The van der Waals surface area contributed by atoms with Crippen molar-refractivity contribution >= 4 is 16.5 Å². The van der Waals surface area contributed by atoms with E-state index in [0.29, 0.717) is 11.4 Å². The fourth-order valence-corrected chi connectivity index (χ4v) is 3.28. The summed E-state index contributed by atoms with van der Waals surface area (Å²) in [7, 11) is -0.995. The predicted molar refractivity (Wildman–Crippen MR) is 70.3 cm³/mol. The molecule has 2 N–H and O–H groups in total. The summed E-state index contributed by atoms with van der Waals surface area (Å²) in [6, 6.07) is 7.22. The first-order valence-corrected chi connectivity index (χ1v) is 7.20. The van der Waals surface area contributed by atoms with E-state index in [9.17, 15) is 4.21 Å². The average Bonchev–Trinajstić information content (AvgIpc) is 2.59. The molecule has 2 unspecified atom stereocenters. The molecule has 1 aromatic rings. The smallest absolute Gasteiger partial charge is 0.0702 e. The number of benzene rings is 1. The van der Waals surface area contributed by atoms with Crippen LogP contribution >= 0.6 is 0 Å². The maximum atomic E-state index is 12.1. The zero-order valence-electron chi connectivity index (χ0n) is 10.3. The van der Waals surface area contributed by atoms with Gasteiger partial charge in [-0.2, -0.15) is 0 Å². The molecule has 1 heterocycles. The largest absolute Gasteiger partial charge is 0.399 e. The van der Waals surface area contributed by atoms with Crippen molar-refractivity contribution in [1.29, 1.82) is 0 Å². The van der Waals surface area contributed by atoms with Crippen molar-refractivity contribution in [2.75, 3.05) is 11.5 Å². The van der Waals surface area contributed by atoms with Crippen LogP contribution < -0.4 is 5.73 Å². The summed E-state index contributed by atoms with van der Waals surface area (Å²) < 4.78 is 18.0. The molecule has 17 heavy (non-hydrogen) atoms. The van der Waals surface area contributed by atoms with Gasteiger partial charge in [-0.05, 0) is 51.0 Å². The van der Waals surface area contributed by atoms with E-state index >= 15 is 0 Å². The van der Waals surface area contributed by atoms with Gasteiger partial charge in [-0.1, -0.05) is 0 Å². The Bertz CT molecular complexity index is 414. The van der Waals surface area contributed by atoms with Crippen LogP contribution in [0.1, 0.15) is 26.7 Å². The molecule has 1 aromatic carbocycles. The van der Waals surface area contributed by atoms with Gasteiger partial charge in [0.25, 0.3) is 0 Å². The van der Waals surface area contributed by atoms with Gasteiger partial charge < -0.3 is 10.5 Å². The monoisotopic (exact) mass is 253 g/mol. The fourth-order valence-electron chi connectivity index (χ4n) is 2.08. The normalized spacial score (nSPS) is 24.7. The standard InChI is InChI=1S/C13H19NO2S/c1-13(2)8-7-11(16-13)9-17(15)12-5-3-10(14)4-6-12/h3-6,11H,7-9,14H2,1-2H3. The van der Waals surface area contributed by atoms with Gasteiger partial charge in [-0.15, -0.1) is 0 Å². The number of anilines is 1. The number of hydrogen-bond acceptors (Lipinski definition) is 3. The summed E-state index contributed by atoms with van der Waals surface area (Å²) in [6.07, 6.45) is 2.15. The topological polar surface area (TPSA) is 52.3 Å². The molecule has 4 heteroatoms. The molecule has 1 saturated heterocycles. The number of rotatable bonds is 3. The van der Waals surface area contributed by atoms with Crippen LogP contribution in [-0.2, 0) is 15.5 Å². The lowest BCUT2D eigenvalue weighted by Crippen LogP contribution is -2.23. The third-order valence-electron chi connectivity index (χ3n) is 3.03. The van der Waals surface area contributed by atoms with E-state index in [1.165, 1.54) is 0 Å². The lowest BCUT2D eigenvalue weighted by molar-refractivity contribution is -0.00498. The minimum atomic E-state index is -0.995. The van der Waals surface area contributed by atoms with Gasteiger partial charge in [-0.25, -0.2) is 0 Å². The zero-order valence-corrected chi connectivity index (χ0v) is 11.1. The molecule has 3 nitrogen and oxygen atoms in total. The Hall–Kier alpha value is -0.870. The van der Waals surface area contributed by atoms with E-state index in [1.54, 1.807) is 12.1 Å². The van der Waals surface area contributed by atoms with Gasteiger partial charge in [0.1, 0.15) is 0 Å². The Morgan fingerprint density at radius 3 is 2.59 bits per heavy atom. The maximum Gasteiger partial charge on any atom is 0.0702 e. The molecule has 0 saturated carbocycles. The van der Waals surface area contributed by atoms with Crippen molar-refractivity contribution in [3.63, 3.8) is 0 Å². The van der Waals surface area contributed by atoms with Crippen molar-refractivity contribution in [2.45, 2.75) is 43.3 Å². The average molecular weight is 253 g/mol. The Kier molecular flexibility index (Phi) is 3.54. The van der Waals surface area contributed by atoms with Crippen LogP contribution in [0.25, 0.3) is 0 Å². The predicted octanol–water partition coefficient (Wildman–Crippen LogP) is 2.33. The van der Waals surface area contributed by atoms with Crippen LogP contribution in [0.4, 0.5) is 5.69 Å². The van der Waals surface area contributed by atoms with Crippen molar-refractivity contribution in [3.05, 3.63) is 24.3 Å². The molecule has 0 radical (unpaired) electrons. The van der Waals surface area contributed by atoms with Gasteiger partial charge in [0.2, 0.25) is 0 Å². The number of nitrogens with two attached hydrogens (primary N) is 1. The minimum Gasteiger partial charge on any atom is -0.399 e. The lowest BCUT2D eigenvalue weighted by Gasteiger charge is -2.18. The maximum absolute atomic E-state index is 12.1. The second kappa shape index (κ2) is 4.78. The molecular formula is C13H19NO2S. The quantitative estimate of drug-likeness (QED) is 0.841. The SMILES string of the molecule is CC1(C)CCC(CS(=O)c2ccc(N)cc2)O1. The molecule has 0 spiro atoms. The first kappa shape index (κ1) is 12.6. The summed E-state index contributed by atoms with van der Waals surface area (Å²) in [4.78, 5) is 0.826. The second-order valence-corrected chi connectivity index (χ2v) is 6.62. The molecule has 1 fully saturated rings. The van der Waals surface area contributed by atoms with Crippen LogP contribution in [0.5, 0.6) is 0 Å². The number of hydrogen-bond donors (Lipinski definition) is 1. The van der Waals surface area contributed by atoms with Gasteiger partial charge >= 0.3 is 0 Å². The molecular weight excluding hydrogens is 234 g/mol. The van der Waals surface area contributed by atoms with Crippen LogP contribution in [0.3, 0.4) is 0 Å². The summed E-state index contributed by atoms with van der Waals surface area (Å²) in [5.41, 5.74) is 6.24. The Balaban J connectivity index is 1.96. The summed E-state index contributed by atoms with van der Waals surface area (Å²) >= 11 is 0. The second-order valence-electron chi connectivity index (χ2n) is 5.12. The number of nitrogen functional groups attached to an aromatic ring is 1. The Morgan fingerprint density at radius 1 is 1.41 bits per heavy atom. The third-order valence-corrected chi connectivity index (χ3v) is 4.51. The molecule has 2 rings (SSSR count). The number of ether oxygens (including phenoxy) is 1. The van der Waals surface area contributed by atoms with E-state index in [-0.39, 0.29) is 11.7 Å². The minimum absolute atomic E-state index is 0.0595. The molecule has 2 atom stereocenters. The molecule has 0 bridgehead atoms. The molecule has 94 valence electrons. The van der Waals surface area contributed by atoms with Crippen LogP contribution in [0.15, 0.2) is 29.2 Å². The van der Waals surface area contributed by atoms with E-state index < -0.39 is 10.8 Å². The highest BCUT2D eigenvalue weighted by atomic mass is 32.2. The lowest BCUT2D eigenvalue weighted by atomic mass is 10.1. The highest BCUT2D eigenvalue weighted by Crippen LogP contribution is 2.30. The van der Waals surface area contributed by atoms with Gasteiger partial charge in [0.05, 0.1) is 28.3 Å². The van der Waals surface area contributed by atoms with E-state index in [4.69, 9.17) is 10.5 Å². The van der Waals surface area contributed by atoms with Crippen molar-refractivity contribution in [1.82, 2.24) is 0 Å². The molecule has 0 aromatic heterocycles. The fraction of sp³-hybridized carbons (Fsp3) is 0.538. The van der Waals surface area contributed by atoms with Crippen LogP contribution in [-0.4, -0.2) is 21.7 Å². The van der Waals surface area contributed by atoms with Crippen LogP contribution in [0.2, 0.25) is 0 Å². The Morgan fingerprint density at radius 2 is 2.06 bits per heavy atom. The van der Waals surface area contributed by atoms with Gasteiger partial charge in [-0.3, -0.25) is 4.21 Å². The van der Waals surface area contributed by atoms with E-state index in [0.717, 1.165) is 17.7 Å². The van der Waals surface area contributed by atoms with Crippen LogP contribution in [0, 0.1) is 0 Å². The van der Waals surface area contributed by atoms with Crippen molar-refractivity contribution in [3.8, 4) is 0 Å². The highest BCUT2D eigenvalue weighted by molar-refractivity contribution is 7.85. The first-order valence-electron chi connectivity index (χ1n) is 5.88. The zero-order chi connectivity index (χ0) is 12.5. The molecule has 0 amide bonds. The summed E-state index contributed by atoms with van der Waals surface area (Å²) in [5, 5.41) is 0. The summed E-state index contributed by atoms with van der Waals surface area (Å²) in [5.74, 6) is 0.577. The van der Waals surface area contributed by atoms with Crippen molar-refractivity contribution < 1.29 is 8.95 Å². The molecule has 1 aliphatic heterocycles. The highest BCUT2D eigenvalue weighted by Gasteiger charge is 2.32. The Labute approximate surface area is 105 Å². The molecule has 1 aliphatic rings. The third kappa shape index (κ3) is 3.30. The first-order chi connectivity index (χ1) is 7.96. The van der Waals surface area contributed by atoms with E-state index in [1.807, 2.05) is 12.1 Å². The molecule has 0 aliphatic carbocycles. The van der Waals surface area contributed by atoms with Crippen molar-refractivity contribution in [2.24, 2.45) is 0 Å². The summed E-state index contributed by atoms with van der Waals surface area (Å²) in [6.45, 7) is 4.16.